The molecule has 1 saturated carbocycles. The van der Waals surface area contributed by atoms with Crippen LogP contribution >= 0.6 is 0 Å². The normalized spacial score (nSPS) is 24.0. The molecule has 0 bridgehead atoms. The summed E-state index contributed by atoms with van der Waals surface area (Å²) in [5.74, 6) is -4.25. The molecule has 9 heteroatoms. The van der Waals surface area contributed by atoms with E-state index in [1.54, 1.807) is 11.8 Å². The van der Waals surface area contributed by atoms with Gasteiger partial charge in [0.05, 0.1) is 29.9 Å². The summed E-state index contributed by atoms with van der Waals surface area (Å²) in [7, 11) is 0. The molecule has 1 N–H and O–H groups in total. The van der Waals surface area contributed by atoms with E-state index in [4.69, 9.17) is 4.74 Å². The summed E-state index contributed by atoms with van der Waals surface area (Å²) in [4.78, 5) is 39.1. The molecule has 0 spiro atoms. The van der Waals surface area contributed by atoms with E-state index >= 15 is 0 Å². The number of alkyl halides is 3. The highest BCUT2D eigenvalue weighted by molar-refractivity contribution is 6.05. The highest BCUT2D eigenvalue weighted by Crippen LogP contribution is 2.49. The van der Waals surface area contributed by atoms with Crippen molar-refractivity contribution in [1.82, 2.24) is 4.90 Å². The van der Waals surface area contributed by atoms with Crippen LogP contribution in [0.2, 0.25) is 0 Å². The number of hydrogen-bond acceptors (Lipinski definition) is 4. The number of hydrogen-bond donors (Lipinski definition) is 1. The number of rotatable bonds is 5. The standard InChI is InChI=1S/C19H21F3N2O4/c1-2-28-18(27)15-13(14(15)17(26)24-8-3-4-9-24)16(25)23-12-7-5-6-11(10-12)19(20,21)22/h5-7,10,13-15H,2-4,8-9H2,1H3,(H,23,25)/t13-,14+,15+/m0/s1. The van der Waals surface area contributed by atoms with E-state index in [1.807, 2.05) is 0 Å². The first-order valence-electron chi connectivity index (χ1n) is 9.17. The summed E-state index contributed by atoms with van der Waals surface area (Å²) in [6, 6.07) is 4.22. The lowest BCUT2D eigenvalue weighted by Crippen LogP contribution is -2.31. The molecule has 1 aromatic carbocycles. The monoisotopic (exact) mass is 398 g/mol. The van der Waals surface area contributed by atoms with Crippen LogP contribution in [0.15, 0.2) is 24.3 Å². The summed E-state index contributed by atoms with van der Waals surface area (Å²) in [6.45, 7) is 2.89. The van der Waals surface area contributed by atoms with Gasteiger partial charge in [-0.25, -0.2) is 0 Å². The van der Waals surface area contributed by atoms with Gasteiger partial charge in [-0.05, 0) is 38.0 Å². The molecule has 6 nitrogen and oxygen atoms in total. The molecular weight excluding hydrogens is 377 g/mol. The fourth-order valence-electron chi connectivity index (χ4n) is 3.62. The maximum atomic E-state index is 12.8. The lowest BCUT2D eigenvalue weighted by molar-refractivity contribution is -0.147. The first-order valence-corrected chi connectivity index (χ1v) is 9.17. The SMILES string of the molecule is CCOC(=O)[C@@H]1[C@@H](C(=O)Nc2cccc(C(F)(F)F)c2)[C@H]1C(=O)N1CCCC1. The minimum Gasteiger partial charge on any atom is -0.466 e. The molecule has 0 radical (unpaired) electrons. The molecule has 1 aromatic rings. The van der Waals surface area contributed by atoms with Crippen LogP contribution < -0.4 is 5.32 Å². The number of amides is 2. The summed E-state index contributed by atoms with van der Waals surface area (Å²) in [5, 5.41) is 2.40. The molecule has 1 heterocycles. The molecule has 28 heavy (non-hydrogen) atoms. The Bertz CT molecular complexity index is 775. The van der Waals surface area contributed by atoms with Gasteiger partial charge in [0, 0.05) is 18.8 Å². The third kappa shape index (κ3) is 4.13. The molecule has 152 valence electrons. The summed E-state index contributed by atoms with van der Waals surface area (Å²) < 4.78 is 43.5. The molecule has 2 aliphatic rings. The molecule has 2 amide bonds. The van der Waals surface area contributed by atoms with Crippen molar-refractivity contribution in [2.24, 2.45) is 17.8 Å². The van der Waals surface area contributed by atoms with Crippen LogP contribution in [0.3, 0.4) is 0 Å². The number of carbonyl (C=O) groups is 3. The van der Waals surface area contributed by atoms with Gasteiger partial charge in [0.25, 0.3) is 0 Å². The molecule has 3 rings (SSSR count). The number of halogens is 3. The molecule has 0 unspecified atom stereocenters. The molecule has 3 atom stereocenters. The summed E-state index contributed by atoms with van der Waals surface area (Å²) in [5.41, 5.74) is -0.936. The topological polar surface area (TPSA) is 75.7 Å². The first-order chi connectivity index (χ1) is 13.2. The van der Waals surface area contributed by atoms with E-state index in [1.165, 1.54) is 12.1 Å². The molecule has 1 aliphatic heterocycles. The Morgan fingerprint density at radius 2 is 1.82 bits per heavy atom. The Morgan fingerprint density at radius 3 is 2.43 bits per heavy atom. The minimum atomic E-state index is -4.54. The molecular formula is C19H21F3N2O4. The van der Waals surface area contributed by atoms with E-state index in [0.29, 0.717) is 13.1 Å². The van der Waals surface area contributed by atoms with Crippen LogP contribution in [-0.4, -0.2) is 42.4 Å². The maximum Gasteiger partial charge on any atom is 0.416 e. The zero-order valence-electron chi connectivity index (χ0n) is 15.3. The predicted octanol–water partition coefficient (Wildman–Crippen LogP) is 2.69. The van der Waals surface area contributed by atoms with E-state index in [9.17, 15) is 27.6 Å². The second-order valence-corrected chi connectivity index (χ2v) is 6.93. The Morgan fingerprint density at radius 1 is 1.14 bits per heavy atom. The third-order valence-electron chi connectivity index (χ3n) is 5.04. The highest BCUT2D eigenvalue weighted by Gasteiger charge is 2.64. The van der Waals surface area contributed by atoms with Crippen LogP contribution in [0.5, 0.6) is 0 Å². The van der Waals surface area contributed by atoms with Crippen LogP contribution in [0.1, 0.15) is 25.3 Å². The Kier molecular flexibility index (Phi) is 5.62. The van der Waals surface area contributed by atoms with Gasteiger partial charge in [0.2, 0.25) is 11.8 Å². The number of benzene rings is 1. The van der Waals surface area contributed by atoms with Crippen LogP contribution in [0.25, 0.3) is 0 Å². The molecule has 0 aromatic heterocycles. The minimum absolute atomic E-state index is 0.0401. The average molecular weight is 398 g/mol. The van der Waals surface area contributed by atoms with Gasteiger partial charge in [0.1, 0.15) is 0 Å². The van der Waals surface area contributed by atoms with Crippen molar-refractivity contribution in [3.63, 3.8) is 0 Å². The van der Waals surface area contributed by atoms with Crippen molar-refractivity contribution in [2.75, 3.05) is 25.0 Å². The maximum absolute atomic E-state index is 12.8. The van der Waals surface area contributed by atoms with Gasteiger partial charge >= 0.3 is 12.1 Å². The lowest BCUT2D eigenvalue weighted by Gasteiger charge is -2.15. The highest BCUT2D eigenvalue weighted by atomic mass is 19.4. The van der Waals surface area contributed by atoms with E-state index < -0.39 is 41.4 Å². The van der Waals surface area contributed by atoms with E-state index in [-0.39, 0.29) is 18.2 Å². The fraction of sp³-hybridized carbons (Fsp3) is 0.526. The van der Waals surface area contributed by atoms with Crippen LogP contribution in [0, 0.1) is 17.8 Å². The first kappa shape index (κ1) is 20.2. The van der Waals surface area contributed by atoms with Gasteiger partial charge in [-0.3, -0.25) is 14.4 Å². The zero-order chi connectivity index (χ0) is 20.5. The van der Waals surface area contributed by atoms with Gasteiger partial charge in [-0.1, -0.05) is 6.07 Å². The van der Waals surface area contributed by atoms with Crippen molar-refractivity contribution in [3.8, 4) is 0 Å². The summed E-state index contributed by atoms with van der Waals surface area (Å²) >= 11 is 0. The van der Waals surface area contributed by atoms with Crippen LogP contribution in [-0.2, 0) is 25.3 Å². The largest absolute Gasteiger partial charge is 0.466 e. The number of ether oxygens (including phenoxy) is 1. The Labute approximate surface area is 160 Å². The van der Waals surface area contributed by atoms with Gasteiger partial charge in [-0.2, -0.15) is 13.2 Å². The number of anilines is 1. The van der Waals surface area contributed by atoms with Crippen molar-refractivity contribution >= 4 is 23.5 Å². The van der Waals surface area contributed by atoms with E-state index in [2.05, 4.69) is 5.32 Å². The number of nitrogens with one attached hydrogen (secondary N) is 1. The number of esters is 1. The number of likely N-dealkylation sites (tertiary alicyclic amines) is 1. The smallest absolute Gasteiger partial charge is 0.416 e. The fourth-order valence-corrected chi connectivity index (χ4v) is 3.62. The average Bonchev–Trinajstić information content (AvgIpc) is 3.15. The number of carbonyl (C=O) groups excluding carboxylic acids is 3. The molecule has 1 saturated heterocycles. The van der Waals surface area contributed by atoms with Gasteiger partial charge < -0.3 is 15.0 Å². The zero-order valence-corrected chi connectivity index (χ0v) is 15.3. The number of nitrogens with zero attached hydrogens (tertiary/aromatic N) is 1. The Balaban J connectivity index is 1.74. The van der Waals surface area contributed by atoms with Crippen LogP contribution in [0.4, 0.5) is 18.9 Å². The lowest BCUT2D eigenvalue weighted by atomic mass is 10.2. The van der Waals surface area contributed by atoms with Crippen molar-refractivity contribution in [2.45, 2.75) is 25.9 Å². The second-order valence-electron chi connectivity index (χ2n) is 6.93. The van der Waals surface area contributed by atoms with Gasteiger partial charge in [-0.15, -0.1) is 0 Å². The van der Waals surface area contributed by atoms with Crippen molar-refractivity contribution in [3.05, 3.63) is 29.8 Å². The predicted molar refractivity (Wildman–Crippen MR) is 93.0 cm³/mol. The molecule has 1 aliphatic carbocycles. The summed E-state index contributed by atoms with van der Waals surface area (Å²) in [6.07, 6.45) is -2.81. The van der Waals surface area contributed by atoms with Crippen molar-refractivity contribution in [1.29, 1.82) is 0 Å². The second kappa shape index (κ2) is 7.81. The quantitative estimate of drug-likeness (QED) is 0.774. The van der Waals surface area contributed by atoms with Crippen molar-refractivity contribution < 1.29 is 32.3 Å². The van der Waals surface area contributed by atoms with E-state index in [0.717, 1.165) is 25.0 Å². The Hall–Kier alpha value is -2.58. The molecule has 2 fully saturated rings. The third-order valence-corrected chi connectivity index (χ3v) is 5.04. The van der Waals surface area contributed by atoms with Gasteiger partial charge in [0.15, 0.2) is 0 Å².